The summed E-state index contributed by atoms with van der Waals surface area (Å²) in [5.74, 6) is -0.667. The van der Waals surface area contributed by atoms with Gasteiger partial charge in [0, 0.05) is 45.0 Å². The van der Waals surface area contributed by atoms with Gasteiger partial charge in [-0.05, 0) is 25.0 Å². The van der Waals surface area contributed by atoms with E-state index in [-0.39, 0.29) is 29.8 Å². The molecule has 7 heteroatoms. The molecule has 1 aromatic heterocycles. The Morgan fingerprint density at radius 2 is 2.35 bits per heavy atom. The molecule has 0 aliphatic carbocycles. The molecular weight excluding hydrogens is 332 g/mol. The van der Waals surface area contributed by atoms with Crippen molar-refractivity contribution in [1.82, 2.24) is 14.8 Å². The molecule has 2 amide bonds. The number of amides is 2. The number of carbonyl (C=O) groups excluding carboxylic acids is 2. The predicted molar refractivity (Wildman–Crippen MR) is 95.0 cm³/mol. The SMILES string of the molecule is CN(CCc1ccccn1)C(=O)C1C2CCC3(CN(CCN)C(=O)C13)O2. The zero-order valence-electron chi connectivity index (χ0n) is 15.1. The maximum absolute atomic E-state index is 13.1. The topological polar surface area (TPSA) is 88.8 Å². The average molecular weight is 358 g/mol. The molecule has 1 spiro atoms. The third-order valence-corrected chi connectivity index (χ3v) is 6.09. The van der Waals surface area contributed by atoms with Gasteiger partial charge < -0.3 is 20.3 Å². The van der Waals surface area contributed by atoms with Crippen LogP contribution in [0.1, 0.15) is 18.5 Å². The molecule has 3 fully saturated rings. The van der Waals surface area contributed by atoms with Crippen molar-refractivity contribution in [3.05, 3.63) is 30.1 Å². The average Bonchev–Trinajstić information content (AvgIpc) is 3.29. The van der Waals surface area contributed by atoms with Gasteiger partial charge in [-0.1, -0.05) is 6.07 Å². The molecular formula is C19H26N4O3. The number of nitrogens with zero attached hydrogens (tertiary/aromatic N) is 3. The number of hydrogen-bond acceptors (Lipinski definition) is 5. The maximum atomic E-state index is 13.1. The van der Waals surface area contributed by atoms with Crippen molar-refractivity contribution in [2.24, 2.45) is 17.6 Å². The second kappa shape index (κ2) is 6.63. The molecule has 4 rings (SSSR count). The summed E-state index contributed by atoms with van der Waals surface area (Å²) in [6.45, 7) is 2.12. The van der Waals surface area contributed by atoms with Gasteiger partial charge in [0.15, 0.2) is 0 Å². The molecule has 2 N–H and O–H groups in total. The van der Waals surface area contributed by atoms with Gasteiger partial charge in [0.2, 0.25) is 11.8 Å². The lowest BCUT2D eigenvalue weighted by Crippen LogP contribution is -2.46. The van der Waals surface area contributed by atoms with Gasteiger partial charge in [0.1, 0.15) is 0 Å². The van der Waals surface area contributed by atoms with Crippen LogP contribution in [0.5, 0.6) is 0 Å². The molecule has 140 valence electrons. The molecule has 2 bridgehead atoms. The Balaban J connectivity index is 1.46. The Kier molecular flexibility index (Phi) is 4.44. The lowest BCUT2D eigenvalue weighted by Gasteiger charge is -2.30. The predicted octanol–water partition coefficient (Wildman–Crippen LogP) is 0.0472. The highest BCUT2D eigenvalue weighted by atomic mass is 16.5. The maximum Gasteiger partial charge on any atom is 0.229 e. The molecule has 7 nitrogen and oxygen atoms in total. The van der Waals surface area contributed by atoms with E-state index in [2.05, 4.69) is 4.98 Å². The van der Waals surface area contributed by atoms with Crippen LogP contribution in [0.2, 0.25) is 0 Å². The third-order valence-electron chi connectivity index (χ3n) is 6.09. The first kappa shape index (κ1) is 17.4. The largest absolute Gasteiger partial charge is 0.368 e. The zero-order valence-corrected chi connectivity index (χ0v) is 15.1. The van der Waals surface area contributed by atoms with Crippen molar-refractivity contribution in [3.63, 3.8) is 0 Å². The first-order valence-corrected chi connectivity index (χ1v) is 9.37. The van der Waals surface area contributed by atoms with Gasteiger partial charge in [0.05, 0.1) is 30.1 Å². The van der Waals surface area contributed by atoms with E-state index in [9.17, 15) is 9.59 Å². The minimum Gasteiger partial charge on any atom is -0.368 e. The number of carbonyl (C=O) groups is 2. The lowest BCUT2D eigenvalue weighted by atomic mass is 9.72. The number of hydrogen-bond donors (Lipinski definition) is 1. The van der Waals surface area contributed by atoms with E-state index in [1.165, 1.54) is 0 Å². The summed E-state index contributed by atoms with van der Waals surface area (Å²) in [5, 5.41) is 0. The van der Waals surface area contributed by atoms with E-state index in [4.69, 9.17) is 10.5 Å². The first-order chi connectivity index (χ1) is 12.6. The second-order valence-corrected chi connectivity index (χ2v) is 7.64. The summed E-state index contributed by atoms with van der Waals surface area (Å²) >= 11 is 0. The van der Waals surface area contributed by atoms with Crippen LogP contribution in [-0.2, 0) is 20.7 Å². The van der Waals surface area contributed by atoms with Crippen LogP contribution >= 0.6 is 0 Å². The van der Waals surface area contributed by atoms with Crippen LogP contribution in [0.15, 0.2) is 24.4 Å². The number of likely N-dealkylation sites (N-methyl/N-ethyl adjacent to an activating group) is 1. The Bertz CT molecular complexity index is 697. The lowest BCUT2D eigenvalue weighted by molar-refractivity contribution is -0.143. The minimum absolute atomic E-state index is 0.0143. The van der Waals surface area contributed by atoms with Crippen molar-refractivity contribution in [1.29, 1.82) is 0 Å². The highest BCUT2D eigenvalue weighted by Crippen LogP contribution is 2.55. The van der Waals surface area contributed by atoms with Crippen molar-refractivity contribution >= 4 is 11.8 Å². The molecule has 4 heterocycles. The van der Waals surface area contributed by atoms with Crippen molar-refractivity contribution < 1.29 is 14.3 Å². The number of aromatic nitrogens is 1. The zero-order chi connectivity index (χ0) is 18.3. The van der Waals surface area contributed by atoms with Crippen LogP contribution in [0.4, 0.5) is 0 Å². The second-order valence-electron chi connectivity index (χ2n) is 7.64. The summed E-state index contributed by atoms with van der Waals surface area (Å²) in [6.07, 6.45) is 4.04. The summed E-state index contributed by atoms with van der Waals surface area (Å²) in [6, 6.07) is 5.78. The Hall–Kier alpha value is -1.99. The minimum atomic E-state index is -0.473. The molecule has 0 aromatic carbocycles. The van der Waals surface area contributed by atoms with E-state index < -0.39 is 5.60 Å². The van der Waals surface area contributed by atoms with E-state index in [0.29, 0.717) is 32.6 Å². The fourth-order valence-electron chi connectivity index (χ4n) is 4.86. The number of ether oxygens (including phenoxy) is 1. The molecule has 0 radical (unpaired) electrons. The summed E-state index contributed by atoms with van der Waals surface area (Å²) < 4.78 is 6.21. The van der Waals surface area contributed by atoms with E-state index in [0.717, 1.165) is 18.5 Å². The van der Waals surface area contributed by atoms with Crippen molar-refractivity contribution in [2.75, 3.05) is 33.2 Å². The first-order valence-electron chi connectivity index (χ1n) is 9.37. The standard InChI is InChI=1S/C19H26N4O3/c1-22(10-6-13-4-2-3-9-21-13)17(24)15-14-5-7-19(26-14)12-23(11-8-20)18(25)16(15)19/h2-4,9,14-16H,5-8,10-12,20H2,1H3. The molecule has 3 aliphatic heterocycles. The highest BCUT2D eigenvalue weighted by Gasteiger charge is 2.68. The Morgan fingerprint density at radius 1 is 1.50 bits per heavy atom. The molecule has 1 aromatic rings. The monoisotopic (exact) mass is 358 g/mol. The van der Waals surface area contributed by atoms with Crippen LogP contribution in [0, 0.1) is 11.8 Å². The molecule has 4 unspecified atom stereocenters. The van der Waals surface area contributed by atoms with Gasteiger partial charge >= 0.3 is 0 Å². The fourth-order valence-corrected chi connectivity index (χ4v) is 4.86. The number of nitrogens with two attached hydrogens (primary N) is 1. The summed E-state index contributed by atoms with van der Waals surface area (Å²) in [7, 11) is 1.81. The number of pyridine rings is 1. The van der Waals surface area contributed by atoms with Crippen molar-refractivity contribution in [2.45, 2.75) is 31.0 Å². The van der Waals surface area contributed by atoms with Gasteiger partial charge in [-0.25, -0.2) is 0 Å². The van der Waals surface area contributed by atoms with E-state index in [1.807, 2.05) is 18.2 Å². The molecule has 26 heavy (non-hydrogen) atoms. The number of rotatable bonds is 6. The highest BCUT2D eigenvalue weighted by molar-refractivity contribution is 5.92. The molecule has 0 saturated carbocycles. The number of fused-ring (bicyclic) bond motifs is 1. The Morgan fingerprint density at radius 3 is 3.08 bits per heavy atom. The van der Waals surface area contributed by atoms with Crippen LogP contribution in [-0.4, -0.2) is 71.5 Å². The van der Waals surface area contributed by atoms with Gasteiger partial charge in [-0.3, -0.25) is 14.6 Å². The van der Waals surface area contributed by atoms with Crippen LogP contribution < -0.4 is 5.73 Å². The van der Waals surface area contributed by atoms with E-state index >= 15 is 0 Å². The van der Waals surface area contributed by atoms with Gasteiger partial charge in [0.25, 0.3) is 0 Å². The molecule has 4 atom stereocenters. The quantitative estimate of drug-likeness (QED) is 0.776. The van der Waals surface area contributed by atoms with Crippen LogP contribution in [0.3, 0.4) is 0 Å². The number of likely N-dealkylation sites (tertiary alicyclic amines) is 1. The van der Waals surface area contributed by atoms with E-state index in [1.54, 1.807) is 23.0 Å². The van der Waals surface area contributed by atoms with Gasteiger partial charge in [-0.2, -0.15) is 0 Å². The molecule has 3 aliphatic rings. The third kappa shape index (κ3) is 2.70. The molecule has 3 saturated heterocycles. The fraction of sp³-hybridized carbons (Fsp3) is 0.632. The Labute approximate surface area is 153 Å². The van der Waals surface area contributed by atoms with Gasteiger partial charge in [-0.15, -0.1) is 0 Å². The normalized spacial score (nSPS) is 32.2. The summed E-state index contributed by atoms with van der Waals surface area (Å²) in [4.78, 5) is 33.8. The van der Waals surface area contributed by atoms with Crippen LogP contribution in [0.25, 0.3) is 0 Å². The smallest absolute Gasteiger partial charge is 0.229 e. The van der Waals surface area contributed by atoms with Crippen molar-refractivity contribution in [3.8, 4) is 0 Å². The summed E-state index contributed by atoms with van der Waals surface area (Å²) in [5.41, 5.74) is 6.12.